The molecule has 0 fully saturated rings. The van der Waals surface area contributed by atoms with Crippen molar-refractivity contribution < 1.29 is 9.47 Å². The van der Waals surface area contributed by atoms with Crippen molar-refractivity contribution in [3.8, 4) is 11.5 Å². The smallest absolute Gasteiger partial charge is 0.251 e. The van der Waals surface area contributed by atoms with Crippen LogP contribution in [0.2, 0.25) is 0 Å². The summed E-state index contributed by atoms with van der Waals surface area (Å²) >= 11 is 0. The predicted molar refractivity (Wildman–Crippen MR) is 91.6 cm³/mol. The van der Waals surface area contributed by atoms with E-state index in [2.05, 4.69) is 0 Å². The van der Waals surface area contributed by atoms with Crippen molar-refractivity contribution in [2.75, 3.05) is 14.2 Å². The molecule has 0 amide bonds. The van der Waals surface area contributed by atoms with Crippen LogP contribution < -0.4 is 15.0 Å². The number of hydrogen-bond donors (Lipinski definition) is 0. The molecule has 0 aliphatic rings. The molecule has 2 aromatic carbocycles. The Hall–Kier alpha value is -2.75. The zero-order chi connectivity index (χ0) is 16.4. The maximum Gasteiger partial charge on any atom is 0.251 e. The summed E-state index contributed by atoms with van der Waals surface area (Å²) in [7, 11) is 3.23. The molecule has 0 spiro atoms. The molecular weight excluding hydrogens is 290 g/mol. The van der Waals surface area contributed by atoms with E-state index in [9.17, 15) is 4.79 Å². The summed E-state index contributed by atoms with van der Waals surface area (Å²) in [6.45, 7) is 2.43. The third-order valence-electron chi connectivity index (χ3n) is 3.99. The fourth-order valence-corrected chi connectivity index (χ4v) is 2.85. The van der Waals surface area contributed by atoms with Gasteiger partial charge in [-0.25, -0.2) is 0 Å². The van der Waals surface area contributed by atoms with Crippen molar-refractivity contribution in [3.63, 3.8) is 0 Å². The van der Waals surface area contributed by atoms with Gasteiger partial charge in [0.25, 0.3) is 5.56 Å². The number of ether oxygens (including phenoxy) is 2. The Morgan fingerprint density at radius 2 is 1.74 bits per heavy atom. The van der Waals surface area contributed by atoms with Crippen LogP contribution in [-0.2, 0) is 6.54 Å². The van der Waals surface area contributed by atoms with Gasteiger partial charge in [0.05, 0.1) is 26.3 Å². The highest BCUT2D eigenvalue weighted by atomic mass is 16.5. The van der Waals surface area contributed by atoms with Crippen LogP contribution in [0.1, 0.15) is 11.1 Å². The summed E-state index contributed by atoms with van der Waals surface area (Å²) in [5.41, 5.74) is 2.75. The highest BCUT2D eigenvalue weighted by Gasteiger charge is 2.13. The lowest BCUT2D eigenvalue weighted by Crippen LogP contribution is -2.21. The number of pyridine rings is 1. The Morgan fingerprint density at radius 1 is 1.00 bits per heavy atom. The van der Waals surface area contributed by atoms with Crippen molar-refractivity contribution in [2.24, 2.45) is 0 Å². The van der Waals surface area contributed by atoms with Gasteiger partial charge in [-0.1, -0.05) is 30.3 Å². The van der Waals surface area contributed by atoms with Crippen LogP contribution in [0.4, 0.5) is 0 Å². The number of fused-ring (bicyclic) bond motifs is 1. The van der Waals surface area contributed by atoms with E-state index in [0.717, 1.165) is 22.0 Å². The predicted octanol–water partition coefficient (Wildman–Crippen LogP) is 3.38. The standard InChI is InChI=1S/C19H19NO3/c1-13-9-18(21)20(12-14-7-5-4-6-8-14)16-10-15(22-2)11-17(23-3)19(13)16/h4-11H,12H2,1-3H3. The molecule has 118 valence electrons. The molecule has 0 atom stereocenters. The van der Waals surface area contributed by atoms with Gasteiger partial charge in [-0.3, -0.25) is 4.79 Å². The molecule has 0 saturated carbocycles. The minimum absolute atomic E-state index is 0.0332. The molecule has 0 saturated heterocycles. The number of aromatic nitrogens is 1. The lowest BCUT2D eigenvalue weighted by atomic mass is 10.1. The number of hydrogen-bond acceptors (Lipinski definition) is 3. The lowest BCUT2D eigenvalue weighted by Gasteiger charge is -2.16. The average molecular weight is 309 g/mol. The maximum atomic E-state index is 12.5. The van der Waals surface area contributed by atoms with Gasteiger partial charge in [-0.2, -0.15) is 0 Å². The highest BCUT2D eigenvalue weighted by Crippen LogP contribution is 2.32. The van der Waals surface area contributed by atoms with Crippen LogP contribution in [0.3, 0.4) is 0 Å². The van der Waals surface area contributed by atoms with E-state index in [4.69, 9.17) is 9.47 Å². The van der Waals surface area contributed by atoms with E-state index < -0.39 is 0 Å². The van der Waals surface area contributed by atoms with E-state index >= 15 is 0 Å². The number of rotatable bonds is 4. The van der Waals surface area contributed by atoms with Crippen molar-refractivity contribution in [2.45, 2.75) is 13.5 Å². The van der Waals surface area contributed by atoms with Crippen LogP contribution >= 0.6 is 0 Å². The normalized spacial score (nSPS) is 10.7. The lowest BCUT2D eigenvalue weighted by molar-refractivity contribution is 0.397. The van der Waals surface area contributed by atoms with Crippen molar-refractivity contribution in [1.29, 1.82) is 0 Å². The van der Waals surface area contributed by atoms with Gasteiger partial charge in [-0.05, 0) is 18.1 Å². The molecule has 4 heteroatoms. The Labute approximate surface area is 134 Å². The Bertz CT molecular complexity index is 898. The SMILES string of the molecule is COc1cc(OC)c2c(C)cc(=O)n(Cc3ccccc3)c2c1. The first-order valence-corrected chi connectivity index (χ1v) is 7.44. The third kappa shape index (κ3) is 2.80. The van der Waals surface area contributed by atoms with Gasteiger partial charge in [0.15, 0.2) is 0 Å². The van der Waals surface area contributed by atoms with E-state index in [1.54, 1.807) is 24.9 Å². The van der Waals surface area contributed by atoms with Gasteiger partial charge >= 0.3 is 0 Å². The minimum atomic E-state index is -0.0332. The van der Waals surface area contributed by atoms with E-state index in [-0.39, 0.29) is 5.56 Å². The van der Waals surface area contributed by atoms with Crippen molar-refractivity contribution in [1.82, 2.24) is 4.57 Å². The molecule has 3 rings (SSSR count). The molecule has 0 bridgehead atoms. The van der Waals surface area contributed by atoms with Gasteiger partial charge < -0.3 is 14.0 Å². The topological polar surface area (TPSA) is 40.5 Å². The van der Waals surface area contributed by atoms with E-state index in [0.29, 0.717) is 18.0 Å². The molecule has 3 aromatic rings. The number of nitrogens with zero attached hydrogens (tertiary/aromatic N) is 1. The summed E-state index contributed by atoms with van der Waals surface area (Å²) < 4.78 is 12.6. The quantitative estimate of drug-likeness (QED) is 0.742. The maximum absolute atomic E-state index is 12.5. The molecule has 0 unspecified atom stereocenters. The monoisotopic (exact) mass is 309 g/mol. The first-order chi connectivity index (χ1) is 11.1. The molecule has 0 N–H and O–H groups in total. The number of aryl methyl sites for hydroxylation is 1. The van der Waals surface area contributed by atoms with E-state index in [1.165, 1.54) is 0 Å². The van der Waals surface area contributed by atoms with Crippen LogP contribution in [0, 0.1) is 6.92 Å². The molecule has 1 aromatic heterocycles. The zero-order valence-corrected chi connectivity index (χ0v) is 13.5. The van der Waals surface area contributed by atoms with Crippen molar-refractivity contribution >= 4 is 10.9 Å². The molecule has 0 aliphatic heterocycles. The second-order valence-electron chi connectivity index (χ2n) is 5.46. The van der Waals surface area contributed by atoms with Gasteiger partial charge in [0, 0.05) is 23.6 Å². The van der Waals surface area contributed by atoms with Gasteiger partial charge in [0.1, 0.15) is 11.5 Å². The fourth-order valence-electron chi connectivity index (χ4n) is 2.85. The molecule has 23 heavy (non-hydrogen) atoms. The van der Waals surface area contributed by atoms with Crippen LogP contribution in [0.25, 0.3) is 10.9 Å². The highest BCUT2D eigenvalue weighted by molar-refractivity contribution is 5.90. The summed E-state index contributed by atoms with van der Waals surface area (Å²) in [5, 5.41) is 0.934. The average Bonchev–Trinajstić information content (AvgIpc) is 2.58. The fraction of sp³-hybridized carbons (Fsp3) is 0.211. The Kier molecular flexibility index (Phi) is 4.06. The largest absolute Gasteiger partial charge is 0.497 e. The number of methoxy groups -OCH3 is 2. The molecular formula is C19H19NO3. The Morgan fingerprint density at radius 3 is 2.39 bits per heavy atom. The summed E-state index contributed by atoms with van der Waals surface area (Å²) in [6, 6.07) is 15.3. The van der Waals surface area contributed by atoms with Crippen LogP contribution in [0.5, 0.6) is 11.5 Å². The third-order valence-corrected chi connectivity index (χ3v) is 3.99. The molecule has 1 heterocycles. The summed E-state index contributed by atoms with van der Waals surface area (Å²) in [6.07, 6.45) is 0. The van der Waals surface area contributed by atoms with Crippen molar-refractivity contribution in [3.05, 3.63) is 70.0 Å². The second kappa shape index (κ2) is 6.16. The minimum Gasteiger partial charge on any atom is -0.497 e. The van der Waals surface area contributed by atoms with Crippen LogP contribution in [-0.4, -0.2) is 18.8 Å². The summed E-state index contributed by atoms with van der Waals surface area (Å²) in [5.74, 6) is 1.37. The molecule has 0 radical (unpaired) electrons. The number of benzene rings is 2. The van der Waals surface area contributed by atoms with Gasteiger partial charge in [-0.15, -0.1) is 0 Å². The second-order valence-corrected chi connectivity index (χ2v) is 5.46. The first-order valence-electron chi connectivity index (χ1n) is 7.44. The molecule has 4 nitrogen and oxygen atoms in total. The first kappa shape index (κ1) is 15.2. The Balaban J connectivity index is 2.30. The summed E-state index contributed by atoms with van der Waals surface area (Å²) in [4.78, 5) is 12.5. The van der Waals surface area contributed by atoms with Gasteiger partial charge in [0.2, 0.25) is 0 Å². The van der Waals surface area contributed by atoms with Crippen LogP contribution in [0.15, 0.2) is 53.3 Å². The van der Waals surface area contributed by atoms with E-state index in [1.807, 2.05) is 49.4 Å². The zero-order valence-electron chi connectivity index (χ0n) is 13.5. The molecule has 0 aliphatic carbocycles.